The Morgan fingerprint density at radius 2 is 2.07 bits per heavy atom. The average Bonchev–Trinajstić information content (AvgIpc) is 2.99. The summed E-state index contributed by atoms with van der Waals surface area (Å²) < 4.78 is 5.55. The standard InChI is InChI=1S/C11H24N2O/c1-2-3-9-14-10-8-13(7-6-12)11-4-5-11/h11H,2-10,12H2,1H3. The second-order valence-electron chi connectivity index (χ2n) is 4.02. The van der Waals surface area contributed by atoms with E-state index >= 15 is 0 Å². The molecule has 0 saturated heterocycles. The second-order valence-corrected chi connectivity index (χ2v) is 4.02. The molecule has 1 fully saturated rings. The third-order valence-electron chi connectivity index (χ3n) is 2.64. The topological polar surface area (TPSA) is 38.5 Å². The van der Waals surface area contributed by atoms with E-state index in [0.717, 1.165) is 38.9 Å². The minimum absolute atomic E-state index is 0.769. The highest BCUT2D eigenvalue weighted by Crippen LogP contribution is 2.25. The molecule has 0 amide bonds. The van der Waals surface area contributed by atoms with Crippen molar-refractivity contribution in [1.82, 2.24) is 4.90 Å². The normalized spacial score (nSPS) is 16.5. The number of unbranched alkanes of at least 4 members (excludes halogenated alkanes) is 1. The fraction of sp³-hybridized carbons (Fsp3) is 1.00. The van der Waals surface area contributed by atoms with Crippen LogP contribution in [0, 0.1) is 0 Å². The molecule has 1 saturated carbocycles. The molecule has 0 aromatic rings. The van der Waals surface area contributed by atoms with Crippen LogP contribution in [-0.4, -0.2) is 43.8 Å². The van der Waals surface area contributed by atoms with Gasteiger partial charge in [0.15, 0.2) is 0 Å². The highest BCUT2D eigenvalue weighted by Gasteiger charge is 2.27. The number of ether oxygens (including phenoxy) is 1. The molecule has 1 aliphatic carbocycles. The maximum atomic E-state index is 5.56. The zero-order chi connectivity index (χ0) is 10.2. The van der Waals surface area contributed by atoms with E-state index in [-0.39, 0.29) is 0 Å². The van der Waals surface area contributed by atoms with Gasteiger partial charge in [-0.15, -0.1) is 0 Å². The van der Waals surface area contributed by atoms with Crippen molar-refractivity contribution in [3.05, 3.63) is 0 Å². The minimum atomic E-state index is 0.769. The lowest BCUT2D eigenvalue weighted by Gasteiger charge is -2.20. The van der Waals surface area contributed by atoms with Crippen LogP contribution in [-0.2, 0) is 4.74 Å². The van der Waals surface area contributed by atoms with Crippen LogP contribution in [0.25, 0.3) is 0 Å². The van der Waals surface area contributed by atoms with Gasteiger partial charge in [-0.3, -0.25) is 4.90 Å². The monoisotopic (exact) mass is 200 g/mol. The van der Waals surface area contributed by atoms with Gasteiger partial charge in [0, 0.05) is 32.3 Å². The number of rotatable bonds is 9. The molecule has 0 heterocycles. The molecule has 0 aromatic carbocycles. The maximum Gasteiger partial charge on any atom is 0.0593 e. The Morgan fingerprint density at radius 3 is 2.64 bits per heavy atom. The zero-order valence-corrected chi connectivity index (χ0v) is 9.37. The van der Waals surface area contributed by atoms with Crippen molar-refractivity contribution in [1.29, 1.82) is 0 Å². The summed E-state index contributed by atoms with van der Waals surface area (Å²) in [5.41, 5.74) is 5.56. The van der Waals surface area contributed by atoms with E-state index in [0.29, 0.717) is 0 Å². The predicted molar refractivity (Wildman–Crippen MR) is 59.4 cm³/mol. The molecule has 0 unspecified atom stereocenters. The molecule has 0 bridgehead atoms. The van der Waals surface area contributed by atoms with Crippen molar-refractivity contribution in [2.45, 2.75) is 38.6 Å². The molecule has 2 N–H and O–H groups in total. The summed E-state index contributed by atoms with van der Waals surface area (Å²) in [4.78, 5) is 2.46. The van der Waals surface area contributed by atoms with E-state index < -0.39 is 0 Å². The van der Waals surface area contributed by atoms with E-state index in [2.05, 4.69) is 11.8 Å². The number of hydrogen-bond donors (Lipinski definition) is 1. The van der Waals surface area contributed by atoms with Crippen molar-refractivity contribution in [2.24, 2.45) is 5.73 Å². The van der Waals surface area contributed by atoms with Crippen molar-refractivity contribution in [3.8, 4) is 0 Å². The van der Waals surface area contributed by atoms with Crippen molar-refractivity contribution >= 4 is 0 Å². The third kappa shape index (κ3) is 4.94. The van der Waals surface area contributed by atoms with Crippen molar-refractivity contribution in [2.75, 3.05) is 32.8 Å². The van der Waals surface area contributed by atoms with E-state index in [9.17, 15) is 0 Å². The zero-order valence-electron chi connectivity index (χ0n) is 9.37. The molecule has 1 aliphatic rings. The van der Waals surface area contributed by atoms with Crippen LogP contribution in [0.4, 0.5) is 0 Å². The molecule has 0 spiro atoms. The maximum absolute atomic E-state index is 5.56. The molecule has 84 valence electrons. The Labute approximate surface area is 87.6 Å². The average molecular weight is 200 g/mol. The number of hydrogen-bond acceptors (Lipinski definition) is 3. The van der Waals surface area contributed by atoms with Crippen LogP contribution in [0.3, 0.4) is 0 Å². The van der Waals surface area contributed by atoms with Crippen LogP contribution in [0.2, 0.25) is 0 Å². The van der Waals surface area contributed by atoms with Crippen LogP contribution in [0.1, 0.15) is 32.6 Å². The Morgan fingerprint density at radius 1 is 1.29 bits per heavy atom. The Bertz CT molecular complexity index is 137. The lowest BCUT2D eigenvalue weighted by Crippen LogP contribution is -2.34. The smallest absolute Gasteiger partial charge is 0.0593 e. The van der Waals surface area contributed by atoms with Crippen molar-refractivity contribution in [3.63, 3.8) is 0 Å². The lowest BCUT2D eigenvalue weighted by atomic mass is 10.4. The van der Waals surface area contributed by atoms with Crippen LogP contribution in [0.5, 0.6) is 0 Å². The van der Waals surface area contributed by atoms with Gasteiger partial charge in [0.1, 0.15) is 0 Å². The Kier molecular flexibility index (Phi) is 6.15. The summed E-state index contributed by atoms with van der Waals surface area (Å²) in [6.45, 7) is 6.83. The van der Waals surface area contributed by atoms with E-state index in [1.54, 1.807) is 0 Å². The molecule has 0 radical (unpaired) electrons. The first-order valence-electron chi connectivity index (χ1n) is 5.90. The third-order valence-corrected chi connectivity index (χ3v) is 2.64. The molecule has 0 aromatic heterocycles. The van der Waals surface area contributed by atoms with Gasteiger partial charge in [-0.25, -0.2) is 0 Å². The molecule has 0 aliphatic heterocycles. The highest BCUT2D eigenvalue weighted by molar-refractivity contribution is 4.84. The summed E-state index contributed by atoms with van der Waals surface area (Å²) in [7, 11) is 0. The fourth-order valence-electron chi connectivity index (χ4n) is 1.61. The largest absolute Gasteiger partial charge is 0.380 e. The van der Waals surface area contributed by atoms with Gasteiger partial charge in [-0.1, -0.05) is 13.3 Å². The van der Waals surface area contributed by atoms with Crippen molar-refractivity contribution < 1.29 is 4.74 Å². The predicted octanol–water partition coefficient (Wildman–Crippen LogP) is 1.23. The number of nitrogens with zero attached hydrogens (tertiary/aromatic N) is 1. The van der Waals surface area contributed by atoms with Gasteiger partial charge in [-0.2, -0.15) is 0 Å². The summed E-state index contributed by atoms with van der Waals surface area (Å²) in [6, 6.07) is 0.813. The van der Waals surface area contributed by atoms with Crippen LogP contribution in [0.15, 0.2) is 0 Å². The summed E-state index contributed by atoms with van der Waals surface area (Å²) in [5, 5.41) is 0. The quantitative estimate of drug-likeness (QED) is 0.569. The Hall–Kier alpha value is -0.120. The summed E-state index contributed by atoms with van der Waals surface area (Å²) >= 11 is 0. The fourth-order valence-corrected chi connectivity index (χ4v) is 1.61. The van der Waals surface area contributed by atoms with Gasteiger partial charge in [-0.05, 0) is 19.3 Å². The van der Waals surface area contributed by atoms with E-state index in [1.165, 1.54) is 25.7 Å². The van der Waals surface area contributed by atoms with Crippen LogP contribution < -0.4 is 5.73 Å². The van der Waals surface area contributed by atoms with Gasteiger partial charge in [0.05, 0.1) is 6.61 Å². The number of nitrogens with two attached hydrogens (primary N) is 1. The molecule has 1 rings (SSSR count). The van der Waals surface area contributed by atoms with Gasteiger partial charge < -0.3 is 10.5 Å². The SMILES string of the molecule is CCCCOCCN(CCN)C1CC1. The minimum Gasteiger partial charge on any atom is -0.380 e. The van der Waals surface area contributed by atoms with Gasteiger partial charge >= 0.3 is 0 Å². The molecule has 3 heteroatoms. The molecular weight excluding hydrogens is 176 g/mol. The first kappa shape index (κ1) is 12.0. The lowest BCUT2D eigenvalue weighted by molar-refractivity contribution is 0.0999. The van der Waals surface area contributed by atoms with E-state index in [4.69, 9.17) is 10.5 Å². The van der Waals surface area contributed by atoms with Gasteiger partial charge in [0.2, 0.25) is 0 Å². The Balaban J connectivity index is 1.96. The summed E-state index contributed by atoms with van der Waals surface area (Å²) in [5.74, 6) is 0. The molecule has 0 atom stereocenters. The first-order valence-corrected chi connectivity index (χ1v) is 5.90. The second kappa shape index (κ2) is 7.21. The van der Waals surface area contributed by atoms with Crippen LogP contribution >= 0.6 is 0 Å². The van der Waals surface area contributed by atoms with E-state index in [1.807, 2.05) is 0 Å². The summed E-state index contributed by atoms with van der Waals surface area (Å²) in [6.07, 6.45) is 5.11. The molecular formula is C11H24N2O. The first-order chi connectivity index (χ1) is 6.88. The highest BCUT2D eigenvalue weighted by atomic mass is 16.5. The molecule has 14 heavy (non-hydrogen) atoms. The molecule has 3 nitrogen and oxygen atoms in total. The van der Waals surface area contributed by atoms with Gasteiger partial charge in [0.25, 0.3) is 0 Å².